The van der Waals surface area contributed by atoms with Gasteiger partial charge >= 0.3 is 19.1 Å². The first kappa shape index (κ1) is 15.8. The Morgan fingerprint density at radius 2 is 1.68 bits per heavy atom. The summed E-state index contributed by atoms with van der Waals surface area (Å²) in [6.07, 6.45) is 6.07. The summed E-state index contributed by atoms with van der Waals surface area (Å²) in [5, 5.41) is 0. The van der Waals surface area contributed by atoms with Crippen molar-refractivity contribution in [3.63, 3.8) is 0 Å². The third-order valence-corrected chi connectivity index (χ3v) is 5.15. The standard InChI is InChI=1S/C15H24BNO5/c1-11(12-6-4-3-5-7-12)17-8-13(18)21-16(15(2)10-20-15)22-14(19)9-17/h11-12H,3-10H2,1-2H3/t11-,15?/m0/s1. The number of nitrogens with zero attached hydrogens (tertiary/aromatic N) is 1. The zero-order valence-corrected chi connectivity index (χ0v) is 13.4. The van der Waals surface area contributed by atoms with Crippen molar-refractivity contribution in [2.45, 2.75) is 57.5 Å². The lowest BCUT2D eigenvalue weighted by Crippen LogP contribution is -2.52. The number of carbonyl (C=O) groups is 2. The Hall–Kier alpha value is -1.08. The summed E-state index contributed by atoms with van der Waals surface area (Å²) in [6, 6.07) is 0.185. The summed E-state index contributed by atoms with van der Waals surface area (Å²) in [5.74, 6) is -0.164. The number of rotatable bonds is 3. The van der Waals surface area contributed by atoms with E-state index in [0.717, 1.165) is 12.8 Å². The lowest BCUT2D eigenvalue weighted by atomic mass is 9.72. The maximum atomic E-state index is 12.1. The Balaban J connectivity index is 1.64. The van der Waals surface area contributed by atoms with Crippen LogP contribution in [0.2, 0.25) is 0 Å². The van der Waals surface area contributed by atoms with Gasteiger partial charge in [-0.15, -0.1) is 0 Å². The second-order valence-electron chi connectivity index (χ2n) is 6.96. The van der Waals surface area contributed by atoms with Crippen LogP contribution in [-0.4, -0.2) is 55.2 Å². The van der Waals surface area contributed by atoms with Gasteiger partial charge in [0.2, 0.25) is 0 Å². The number of hydrogen-bond acceptors (Lipinski definition) is 6. The topological polar surface area (TPSA) is 68.4 Å². The summed E-state index contributed by atoms with van der Waals surface area (Å²) in [4.78, 5) is 26.1. The van der Waals surface area contributed by atoms with Crippen molar-refractivity contribution < 1.29 is 23.6 Å². The number of hydrogen-bond donors (Lipinski definition) is 0. The molecule has 0 aromatic rings. The number of ether oxygens (including phenoxy) is 1. The van der Waals surface area contributed by atoms with Crippen LogP contribution in [0.25, 0.3) is 0 Å². The molecular weight excluding hydrogens is 285 g/mol. The first-order valence-electron chi connectivity index (χ1n) is 8.25. The summed E-state index contributed by atoms with van der Waals surface area (Å²) in [5.41, 5.74) is -0.664. The molecule has 1 unspecified atom stereocenters. The molecule has 0 aromatic carbocycles. The molecule has 3 fully saturated rings. The maximum Gasteiger partial charge on any atom is 0.635 e. The zero-order chi connectivity index (χ0) is 15.7. The van der Waals surface area contributed by atoms with Crippen LogP contribution in [0.1, 0.15) is 46.0 Å². The van der Waals surface area contributed by atoms with Crippen molar-refractivity contribution in [1.82, 2.24) is 4.90 Å². The molecule has 7 heteroatoms. The molecule has 0 spiro atoms. The highest BCUT2D eigenvalue weighted by molar-refractivity contribution is 6.53. The van der Waals surface area contributed by atoms with Gasteiger partial charge in [0.25, 0.3) is 0 Å². The third kappa shape index (κ3) is 3.46. The summed E-state index contributed by atoms with van der Waals surface area (Å²) in [6.45, 7) is 4.60. The first-order valence-corrected chi connectivity index (χ1v) is 8.25. The molecule has 2 saturated heterocycles. The van der Waals surface area contributed by atoms with Gasteiger partial charge in [-0.3, -0.25) is 14.5 Å². The van der Waals surface area contributed by atoms with E-state index >= 15 is 0 Å². The fourth-order valence-electron chi connectivity index (χ4n) is 3.43. The van der Waals surface area contributed by atoms with E-state index in [4.69, 9.17) is 14.0 Å². The van der Waals surface area contributed by atoms with Crippen molar-refractivity contribution >= 4 is 19.1 Å². The van der Waals surface area contributed by atoms with E-state index in [2.05, 4.69) is 6.92 Å². The van der Waals surface area contributed by atoms with Crippen LogP contribution in [0, 0.1) is 5.92 Å². The number of carbonyl (C=O) groups excluding carboxylic acids is 2. The van der Waals surface area contributed by atoms with E-state index in [1.807, 2.05) is 4.90 Å². The second kappa shape index (κ2) is 6.20. The minimum Gasteiger partial charge on any atom is -0.496 e. The average molecular weight is 309 g/mol. The zero-order valence-electron chi connectivity index (χ0n) is 13.4. The fourth-order valence-corrected chi connectivity index (χ4v) is 3.43. The Morgan fingerprint density at radius 3 is 2.18 bits per heavy atom. The molecule has 2 atom stereocenters. The molecular formula is C15H24BNO5. The largest absolute Gasteiger partial charge is 0.635 e. The minimum absolute atomic E-state index is 0.138. The van der Waals surface area contributed by atoms with Gasteiger partial charge in [0.1, 0.15) is 0 Å². The van der Waals surface area contributed by atoms with Gasteiger partial charge < -0.3 is 14.0 Å². The average Bonchev–Trinajstić information content (AvgIpc) is 3.23. The molecule has 1 saturated carbocycles. The van der Waals surface area contributed by atoms with E-state index in [-0.39, 0.29) is 31.1 Å². The molecule has 3 rings (SSSR count). The highest BCUT2D eigenvalue weighted by atomic mass is 16.7. The molecule has 1 aliphatic carbocycles. The van der Waals surface area contributed by atoms with Gasteiger partial charge in [-0.25, -0.2) is 0 Å². The molecule has 2 heterocycles. The monoisotopic (exact) mass is 309 g/mol. The van der Waals surface area contributed by atoms with E-state index in [1.54, 1.807) is 6.92 Å². The molecule has 2 aliphatic heterocycles. The smallest absolute Gasteiger partial charge is 0.496 e. The SMILES string of the molecule is C[C@@H](C1CCCCC1)N1CC(=O)OB(C2(C)CO2)OC(=O)C1. The molecule has 22 heavy (non-hydrogen) atoms. The van der Waals surface area contributed by atoms with E-state index < -0.39 is 12.6 Å². The minimum atomic E-state index is -0.917. The molecule has 0 amide bonds. The Bertz CT molecular complexity index is 427. The second-order valence-corrected chi connectivity index (χ2v) is 6.96. The lowest BCUT2D eigenvalue weighted by Gasteiger charge is -2.37. The van der Waals surface area contributed by atoms with Crippen LogP contribution in [0.4, 0.5) is 0 Å². The van der Waals surface area contributed by atoms with E-state index in [1.165, 1.54) is 19.3 Å². The van der Waals surface area contributed by atoms with Gasteiger partial charge in [-0.2, -0.15) is 0 Å². The van der Waals surface area contributed by atoms with Crippen LogP contribution >= 0.6 is 0 Å². The van der Waals surface area contributed by atoms with Gasteiger partial charge in [-0.05, 0) is 32.6 Å². The summed E-state index contributed by atoms with van der Waals surface area (Å²) >= 11 is 0. The quantitative estimate of drug-likeness (QED) is 0.576. The Morgan fingerprint density at radius 1 is 1.14 bits per heavy atom. The van der Waals surface area contributed by atoms with Crippen LogP contribution in [0.15, 0.2) is 0 Å². The van der Waals surface area contributed by atoms with Gasteiger partial charge in [0.15, 0.2) is 5.50 Å². The van der Waals surface area contributed by atoms with Crippen molar-refractivity contribution in [1.29, 1.82) is 0 Å². The number of epoxide rings is 1. The molecule has 0 N–H and O–H groups in total. The van der Waals surface area contributed by atoms with E-state index in [0.29, 0.717) is 12.5 Å². The third-order valence-electron chi connectivity index (χ3n) is 5.15. The Labute approximate surface area is 131 Å². The highest BCUT2D eigenvalue weighted by Gasteiger charge is 2.59. The highest BCUT2D eigenvalue weighted by Crippen LogP contribution is 2.32. The van der Waals surface area contributed by atoms with Crippen molar-refractivity contribution in [2.24, 2.45) is 5.92 Å². The Kier molecular flexibility index (Phi) is 4.45. The predicted octanol–water partition coefficient (Wildman–Crippen LogP) is 1.17. The molecule has 0 bridgehead atoms. The first-order chi connectivity index (χ1) is 10.5. The van der Waals surface area contributed by atoms with Crippen LogP contribution < -0.4 is 0 Å². The predicted molar refractivity (Wildman–Crippen MR) is 79.9 cm³/mol. The summed E-state index contributed by atoms with van der Waals surface area (Å²) < 4.78 is 15.8. The molecule has 3 aliphatic rings. The van der Waals surface area contributed by atoms with Crippen LogP contribution in [-0.2, 0) is 23.6 Å². The van der Waals surface area contributed by atoms with Crippen molar-refractivity contribution in [3.8, 4) is 0 Å². The normalized spacial score (nSPS) is 32.7. The van der Waals surface area contributed by atoms with Gasteiger partial charge in [0.05, 0.1) is 19.7 Å². The molecule has 122 valence electrons. The summed E-state index contributed by atoms with van der Waals surface area (Å²) in [7, 11) is -0.917. The van der Waals surface area contributed by atoms with E-state index in [9.17, 15) is 9.59 Å². The fraction of sp³-hybridized carbons (Fsp3) is 0.867. The molecule has 0 radical (unpaired) electrons. The molecule has 6 nitrogen and oxygen atoms in total. The van der Waals surface area contributed by atoms with Crippen molar-refractivity contribution in [3.05, 3.63) is 0 Å². The lowest BCUT2D eigenvalue weighted by molar-refractivity contribution is -0.148. The maximum absolute atomic E-state index is 12.1. The van der Waals surface area contributed by atoms with Crippen molar-refractivity contribution in [2.75, 3.05) is 19.7 Å². The van der Waals surface area contributed by atoms with Crippen LogP contribution in [0.5, 0.6) is 0 Å². The van der Waals surface area contributed by atoms with Crippen LogP contribution in [0.3, 0.4) is 0 Å². The van der Waals surface area contributed by atoms with Gasteiger partial charge in [0, 0.05) is 6.04 Å². The molecule has 0 aromatic heterocycles. The van der Waals surface area contributed by atoms with Gasteiger partial charge in [-0.1, -0.05) is 19.3 Å².